The van der Waals surface area contributed by atoms with Crippen molar-refractivity contribution in [2.45, 2.75) is 19.3 Å². The van der Waals surface area contributed by atoms with Crippen LogP contribution in [0.2, 0.25) is 0 Å². The Balaban J connectivity index is 1.10. The molecule has 246 valence electrons. The molecule has 0 saturated heterocycles. The maximum Gasteiger partial charge on any atom is 0.227 e. The molecule has 11 rings (SSSR count). The van der Waals surface area contributed by atoms with E-state index in [2.05, 4.69) is 146 Å². The Kier molecular flexibility index (Phi) is 6.17. The lowest BCUT2D eigenvalue weighted by Crippen LogP contribution is -2.14. The zero-order valence-corrected chi connectivity index (χ0v) is 29.5. The van der Waals surface area contributed by atoms with E-state index in [-0.39, 0.29) is 5.41 Å². The molecule has 2 heterocycles. The summed E-state index contributed by atoms with van der Waals surface area (Å²) in [6.07, 6.45) is 0. The lowest BCUT2D eigenvalue weighted by Gasteiger charge is -2.26. The van der Waals surface area contributed by atoms with Gasteiger partial charge in [-0.1, -0.05) is 86.6 Å². The molecule has 1 aliphatic carbocycles. The van der Waals surface area contributed by atoms with Crippen LogP contribution >= 0.6 is 11.3 Å². The van der Waals surface area contributed by atoms with E-state index in [4.69, 9.17) is 9.40 Å². The first kappa shape index (κ1) is 29.5. The Labute approximate surface area is 305 Å². The lowest BCUT2D eigenvalue weighted by molar-refractivity contribution is 0.619. The van der Waals surface area contributed by atoms with Gasteiger partial charge in [0.05, 0.1) is 0 Å². The molecule has 0 saturated carbocycles. The van der Waals surface area contributed by atoms with Crippen LogP contribution in [0.1, 0.15) is 25.0 Å². The molecule has 0 spiro atoms. The Bertz CT molecular complexity index is 3050. The summed E-state index contributed by atoms with van der Waals surface area (Å²) in [5, 5.41) is 7.54. The van der Waals surface area contributed by atoms with E-state index in [1.165, 1.54) is 64.0 Å². The van der Waals surface area contributed by atoms with Crippen LogP contribution in [0.4, 0.5) is 17.1 Å². The van der Waals surface area contributed by atoms with Gasteiger partial charge in [0.15, 0.2) is 5.58 Å². The van der Waals surface area contributed by atoms with Crippen LogP contribution in [0.5, 0.6) is 0 Å². The molecule has 1 aliphatic rings. The van der Waals surface area contributed by atoms with Gasteiger partial charge in [0.2, 0.25) is 5.89 Å². The Hall–Kier alpha value is -6.23. The highest BCUT2D eigenvalue weighted by Crippen LogP contribution is 2.52. The average Bonchev–Trinajstić information content (AvgIpc) is 3.84. The fourth-order valence-corrected chi connectivity index (χ4v) is 9.50. The number of thiophene rings is 1. The van der Waals surface area contributed by atoms with E-state index in [0.717, 1.165) is 33.7 Å². The minimum atomic E-state index is -0.176. The van der Waals surface area contributed by atoms with Crippen LogP contribution in [0.25, 0.3) is 75.4 Å². The number of rotatable bonds is 4. The Morgan fingerprint density at radius 2 is 1.15 bits per heavy atom. The largest absolute Gasteiger partial charge is 0.436 e. The maximum absolute atomic E-state index is 6.38. The van der Waals surface area contributed by atoms with Gasteiger partial charge >= 0.3 is 0 Å². The molecule has 0 N–H and O–H groups in total. The molecule has 4 heteroatoms. The van der Waals surface area contributed by atoms with Crippen molar-refractivity contribution in [3.8, 4) is 22.6 Å². The highest BCUT2D eigenvalue weighted by molar-refractivity contribution is 7.25. The van der Waals surface area contributed by atoms with Gasteiger partial charge in [0.25, 0.3) is 0 Å². The number of anilines is 3. The highest BCUT2D eigenvalue weighted by Gasteiger charge is 2.37. The Morgan fingerprint density at radius 1 is 0.519 bits per heavy atom. The Morgan fingerprint density at radius 3 is 2.00 bits per heavy atom. The second-order valence-electron chi connectivity index (χ2n) is 14.4. The van der Waals surface area contributed by atoms with E-state index >= 15 is 0 Å². The molecule has 52 heavy (non-hydrogen) atoms. The van der Waals surface area contributed by atoms with Crippen LogP contribution < -0.4 is 4.90 Å². The number of nitrogens with zero attached hydrogens (tertiary/aromatic N) is 2. The number of aromatic nitrogens is 1. The van der Waals surface area contributed by atoms with Crippen LogP contribution in [0, 0.1) is 0 Å². The van der Waals surface area contributed by atoms with Gasteiger partial charge < -0.3 is 9.32 Å². The van der Waals surface area contributed by atoms with Gasteiger partial charge in [-0.3, -0.25) is 0 Å². The summed E-state index contributed by atoms with van der Waals surface area (Å²) in [6.45, 7) is 4.66. The molecule has 0 fully saturated rings. The highest BCUT2D eigenvalue weighted by atomic mass is 32.1. The zero-order valence-electron chi connectivity index (χ0n) is 28.7. The van der Waals surface area contributed by atoms with Crippen molar-refractivity contribution in [3.05, 3.63) is 169 Å². The minimum Gasteiger partial charge on any atom is -0.436 e. The number of hydrogen-bond donors (Lipinski definition) is 0. The number of oxazole rings is 1. The average molecular weight is 685 g/mol. The van der Waals surface area contributed by atoms with Crippen molar-refractivity contribution < 1.29 is 4.42 Å². The third-order valence-electron chi connectivity index (χ3n) is 11.0. The van der Waals surface area contributed by atoms with Gasteiger partial charge in [0, 0.05) is 48.2 Å². The number of benzene rings is 8. The van der Waals surface area contributed by atoms with E-state index in [9.17, 15) is 0 Å². The quantitative estimate of drug-likeness (QED) is 0.173. The molecule has 0 aliphatic heterocycles. The summed E-state index contributed by atoms with van der Waals surface area (Å²) < 4.78 is 9.00. The van der Waals surface area contributed by atoms with Gasteiger partial charge in [-0.15, -0.1) is 11.3 Å². The topological polar surface area (TPSA) is 29.3 Å². The third kappa shape index (κ3) is 4.34. The first-order valence-electron chi connectivity index (χ1n) is 17.8. The molecule has 0 radical (unpaired) electrons. The van der Waals surface area contributed by atoms with Crippen molar-refractivity contribution in [2.75, 3.05) is 4.90 Å². The minimum absolute atomic E-state index is 0.176. The third-order valence-corrected chi connectivity index (χ3v) is 12.2. The van der Waals surface area contributed by atoms with E-state index in [1.54, 1.807) is 0 Å². The van der Waals surface area contributed by atoms with Gasteiger partial charge in [-0.05, 0) is 129 Å². The van der Waals surface area contributed by atoms with Crippen molar-refractivity contribution >= 4 is 81.2 Å². The van der Waals surface area contributed by atoms with Crippen LogP contribution in [-0.2, 0) is 5.41 Å². The van der Waals surface area contributed by atoms with E-state index in [1.807, 2.05) is 41.7 Å². The normalized spacial score (nSPS) is 13.3. The van der Waals surface area contributed by atoms with Crippen LogP contribution in [-0.4, -0.2) is 4.98 Å². The SMILES string of the molecule is CC1(C)c2cc3ccc4ccc(N(c5ccccc5)c5ccc6sc7ccccc7c6c5)cc4c3cc2-c2cc3oc(-c4ccccc4)nc3cc21. The number of para-hydroxylation sites is 1. The van der Waals surface area contributed by atoms with E-state index < -0.39 is 0 Å². The molecule has 3 nitrogen and oxygen atoms in total. The number of fused-ring (bicyclic) bond motifs is 10. The van der Waals surface area contributed by atoms with Crippen molar-refractivity contribution in [3.63, 3.8) is 0 Å². The van der Waals surface area contributed by atoms with Crippen LogP contribution in [0.15, 0.2) is 162 Å². The summed E-state index contributed by atoms with van der Waals surface area (Å²) in [5.74, 6) is 0.656. The maximum atomic E-state index is 6.38. The predicted molar refractivity (Wildman–Crippen MR) is 220 cm³/mol. The van der Waals surface area contributed by atoms with Gasteiger partial charge in [-0.25, -0.2) is 4.98 Å². The summed E-state index contributed by atoms with van der Waals surface area (Å²) in [4.78, 5) is 7.31. The molecule has 0 bridgehead atoms. The van der Waals surface area contributed by atoms with E-state index in [0.29, 0.717) is 5.89 Å². The summed E-state index contributed by atoms with van der Waals surface area (Å²) in [7, 11) is 0. The lowest BCUT2D eigenvalue weighted by atomic mass is 9.81. The molecule has 0 atom stereocenters. The predicted octanol–water partition coefficient (Wildman–Crippen LogP) is 13.9. The molecule has 2 aromatic heterocycles. The van der Waals surface area contributed by atoms with Crippen molar-refractivity contribution in [2.24, 2.45) is 0 Å². The zero-order chi connectivity index (χ0) is 34.6. The molecular weight excluding hydrogens is 653 g/mol. The first-order valence-corrected chi connectivity index (χ1v) is 18.6. The van der Waals surface area contributed by atoms with Crippen molar-refractivity contribution in [1.82, 2.24) is 4.98 Å². The van der Waals surface area contributed by atoms with Crippen molar-refractivity contribution in [1.29, 1.82) is 0 Å². The smallest absolute Gasteiger partial charge is 0.227 e. The molecule has 8 aromatic carbocycles. The fourth-order valence-electron chi connectivity index (χ4n) is 8.41. The first-order chi connectivity index (χ1) is 25.5. The second-order valence-corrected chi connectivity index (χ2v) is 15.5. The molecule has 10 aromatic rings. The summed E-state index contributed by atoms with van der Waals surface area (Å²) in [5.41, 5.74) is 11.0. The molecule has 0 unspecified atom stereocenters. The van der Waals surface area contributed by atoms with Gasteiger partial charge in [0.1, 0.15) is 5.52 Å². The molecule has 0 amide bonds. The van der Waals surface area contributed by atoms with Crippen LogP contribution in [0.3, 0.4) is 0 Å². The molecular formula is C48H32N2OS. The summed E-state index contributed by atoms with van der Waals surface area (Å²) in [6, 6.07) is 57.2. The number of hydrogen-bond acceptors (Lipinski definition) is 4. The van der Waals surface area contributed by atoms with Gasteiger partial charge in [-0.2, -0.15) is 0 Å². The second kappa shape index (κ2) is 10.9. The summed E-state index contributed by atoms with van der Waals surface area (Å²) >= 11 is 1.85. The fraction of sp³-hybridized carbons (Fsp3) is 0.0625. The monoisotopic (exact) mass is 684 g/mol. The standard InChI is InChI=1S/C48H32N2OS/c1-48(2)41-23-31-18-17-29-19-20-33(50(32-13-7-4-8-14-32)34-21-22-46-40(25-34)35-15-9-10-16-45(35)52-46)24-36(29)37(31)26-38(41)39-27-44-43(28-42(39)48)49-47(51-44)30-11-5-3-6-12-30/h3-28H,1-2H3.